The molecule has 1 aliphatic carbocycles. The first kappa shape index (κ1) is 20.2. The number of nitrogens with one attached hydrogen (secondary N) is 1. The van der Waals surface area contributed by atoms with Crippen molar-refractivity contribution in [3.63, 3.8) is 0 Å². The van der Waals surface area contributed by atoms with Crippen LogP contribution in [-0.4, -0.2) is 63.5 Å². The highest BCUT2D eigenvalue weighted by Gasteiger charge is 2.42. The minimum Gasteiger partial charge on any atom is -0.381 e. The van der Waals surface area contributed by atoms with Crippen LogP contribution in [0.2, 0.25) is 0 Å². The lowest BCUT2D eigenvalue weighted by Gasteiger charge is -2.25. The molecule has 140 valence electrons. The smallest absolute Gasteiger partial charge is 0.193 e. The van der Waals surface area contributed by atoms with Gasteiger partial charge in [-0.05, 0) is 25.7 Å². The molecule has 2 heterocycles. The van der Waals surface area contributed by atoms with Gasteiger partial charge in [0.05, 0.1) is 19.3 Å². The first-order chi connectivity index (χ1) is 11.3. The second-order valence-electron chi connectivity index (χ2n) is 7.43. The fraction of sp³-hybridized carbons (Fsp3) is 0.944. The molecule has 1 spiro atoms. The number of hydrogen-bond acceptors (Lipinski definition) is 3. The van der Waals surface area contributed by atoms with Gasteiger partial charge in [0, 0.05) is 38.7 Å². The lowest BCUT2D eigenvalue weighted by Crippen LogP contribution is -2.42. The van der Waals surface area contributed by atoms with Crippen molar-refractivity contribution >= 4 is 29.9 Å². The zero-order chi connectivity index (χ0) is 16.0. The number of hydrogen-bond donors (Lipinski definition) is 1. The Morgan fingerprint density at radius 3 is 2.71 bits per heavy atom. The van der Waals surface area contributed by atoms with Crippen LogP contribution in [0.4, 0.5) is 0 Å². The summed E-state index contributed by atoms with van der Waals surface area (Å²) < 4.78 is 11.7. The molecule has 0 aromatic rings. The largest absolute Gasteiger partial charge is 0.381 e. The molecule has 24 heavy (non-hydrogen) atoms. The lowest BCUT2D eigenvalue weighted by atomic mass is 9.87. The van der Waals surface area contributed by atoms with Crippen molar-refractivity contribution in [1.82, 2.24) is 10.2 Å². The Kier molecular flexibility index (Phi) is 8.57. The quantitative estimate of drug-likeness (QED) is 0.235. The van der Waals surface area contributed by atoms with Gasteiger partial charge >= 0.3 is 0 Å². The Balaban J connectivity index is 0.00000208. The molecule has 3 rings (SSSR count). The Morgan fingerprint density at radius 1 is 1.25 bits per heavy atom. The Morgan fingerprint density at radius 2 is 2.04 bits per heavy atom. The highest BCUT2D eigenvalue weighted by atomic mass is 127. The third-order valence-corrected chi connectivity index (χ3v) is 5.68. The monoisotopic (exact) mass is 451 g/mol. The lowest BCUT2D eigenvalue weighted by molar-refractivity contribution is 0.0466. The molecule has 6 heteroatoms. The Bertz CT molecular complexity index is 392. The number of ether oxygens (including phenoxy) is 2. The maximum atomic E-state index is 6.06. The maximum Gasteiger partial charge on any atom is 0.193 e. The number of guanidine groups is 1. The summed E-state index contributed by atoms with van der Waals surface area (Å²) in [5.74, 6) is 1.03. The van der Waals surface area contributed by atoms with Crippen molar-refractivity contribution < 1.29 is 9.47 Å². The molecule has 2 saturated heterocycles. The molecular weight excluding hydrogens is 417 g/mol. The predicted molar refractivity (Wildman–Crippen MR) is 108 cm³/mol. The SMILES string of the molecule is CN=C(NCCOC1CCCCCC1)N1CCC2(CCOC2)C1.I. The van der Waals surface area contributed by atoms with E-state index in [0.717, 1.165) is 45.4 Å². The summed E-state index contributed by atoms with van der Waals surface area (Å²) in [4.78, 5) is 6.85. The molecule has 3 aliphatic rings. The van der Waals surface area contributed by atoms with Crippen molar-refractivity contribution in [3.05, 3.63) is 0 Å². The van der Waals surface area contributed by atoms with Crippen LogP contribution < -0.4 is 5.32 Å². The Hall–Kier alpha value is -0.0800. The molecule has 5 nitrogen and oxygen atoms in total. The number of nitrogens with zero attached hydrogens (tertiary/aromatic N) is 2. The third-order valence-electron chi connectivity index (χ3n) is 5.68. The predicted octanol–water partition coefficient (Wildman–Crippen LogP) is 3.03. The van der Waals surface area contributed by atoms with E-state index in [2.05, 4.69) is 15.2 Å². The van der Waals surface area contributed by atoms with Gasteiger partial charge in [0.15, 0.2) is 5.96 Å². The van der Waals surface area contributed by atoms with Gasteiger partial charge in [0.2, 0.25) is 0 Å². The molecule has 0 amide bonds. The van der Waals surface area contributed by atoms with Crippen LogP contribution in [-0.2, 0) is 9.47 Å². The average molecular weight is 451 g/mol. The van der Waals surface area contributed by atoms with Gasteiger partial charge in [0.1, 0.15) is 0 Å². The summed E-state index contributed by atoms with van der Waals surface area (Å²) in [6, 6.07) is 0. The summed E-state index contributed by atoms with van der Waals surface area (Å²) in [5, 5.41) is 3.48. The first-order valence-corrected chi connectivity index (χ1v) is 9.46. The molecule has 3 fully saturated rings. The molecule has 2 aliphatic heterocycles. The number of rotatable bonds is 4. The second kappa shape index (κ2) is 10.2. The topological polar surface area (TPSA) is 46.1 Å². The number of halogens is 1. The van der Waals surface area contributed by atoms with E-state index in [1.54, 1.807) is 0 Å². The molecule has 1 unspecified atom stereocenters. The van der Waals surface area contributed by atoms with E-state index in [0.29, 0.717) is 11.5 Å². The van der Waals surface area contributed by atoms with E-state index in [4.69, 9.17) is 9.47 Å². The van der Waals surface area contributed by atoms with E-state index in [-0.39, 0.29) is 24.0 Å². The second-order valence-corrected chi connectivity index (χ2v) is 7.43. The zero-order valence-electron chi connectivity index (χ0n) is 15.1. The first-order valence-electron chi connectivity index (χ1n) is 9.46. The van der Waals surface area contributed by atoms with Crippen LogP contribution in [0.15, 0.2) is 4.99 Å². The molecule has 0 aromatic heterocycles. The maximum absolute atomic E-state index is 6.06. The van der Waals surface area contributed by atoms with E-state index in [1.807, 2.05) is 7.05 Å². The van der Waals surface area contributed by atoms with Crippen LogP contribution >= 0.6 is 24.0 Å². The summed E-state index contributed by atoms with van der Waals surface area (Å²) in [6.07, 6.45) is 10.8. The van der Waals surface area contributed by atoms with Crippen LogP contribution in [0.25, 0.3) is 0 Å². The minimum absolute atomic E-state index is 0. The fourth-order valence-corrected chi connectivity index (χ4v) is 4.22. The van der Waals surface area contributed by atoms with Crippen molar-refractivity contribution in [2.75, 3.05) is 46.5 Å². The normalized spacial score (nSPS) is 28.9. The van der Waals surface area contributed by atoms with Crippen LogP contribution in [0.1, 0.15) is 51.4 Å². The van der Waals surface area contributed by atoms with E-state index in [9.17, 15) is 0 Å². The molecule has 0 aromatic carbocycles. The summed E-state index contributed by atoms with van der Waals surface area (Å²) >= 11 is 0. The summed E-state index contributed by atoms with van der Waals surface area (Å²) in [5.41, 5.74) is 0.383. The standard InChI is InChI=1S/C18H33N3O2.HI/c1-19-17(21-11-8-18(14-21)9-12-22-15-18)20-10-13-23-16-6-4-2-3-5-7-16;/h16H,2-15H2,1H3,(H,19,20);1H. The average Bonchev–Trinajstić information content (AvgIpc) is 3.12. The van der Waals surface area contributed by atoms with E-state index < -0.39 is 0 Å². The third kappa shape index (κ3) is 5.46. The van der Waals surface area contributed by atoms with Crippen LogP contribution in [0, 0.1) is 5.41 Å². The molecule has 0 bridgehead atoms. The van der Waals surface area contributed by atoms with Crippen molar-refractivity contribution in [2.45, 2.75) is 57.5 Å². The molecule has 1 atom stereocenters. The number of aliphatic imine (C=N–C) groups is 1. The molecule has 1 N–H and O–H groups in total. The highest BCUT2D eigenvalue weighted by molar-refractivity contribution is 14.0. The highest BCUT2D eigenvalue weighted by Crippen LogP contribution is 2.38. The Labute approximate surface area is 164 Å². The van der Waals surface area contributed by atoms with Crippen molar-refractivity contribution in [1.29, 1.82) is 0 Å². The van der Waals surface area contributed by atoms with E-state index in [1.165, 1.54) is 51.4 Å². The van der Waals surface area contributed by atoms with Gasteiger partial charge < -0.3 is 19.7 Å². The van der Waals surface area contributed by atoms with Crippen LogP contribution in [0.3, 0.4) is 0 Å². The summed E-state index contributed by atoms with van der Waals surface area (Å²) in [6.45, 7) is 5.65. The van der Waals surface area contributed by atoms with Gasteiger partial charge in [-0.15, -0.1) is 24.0 Å². The van der Waals surface area contributed by atoms with Crippen LogP contribution in [0.5, 0.6) is 0 Å². The molecule has 0 radical (unpaired) electrons. The van der Waals surface area contributed by atoms with Gasteiger partial charge in [-0.1, -0.05) is 25.7 Å². The van der Waals surface area contributed by atoms with Gasteiger partial charge in [-0.25, -0.2) is 0 Å². The van der Waals surface area contributed by atoms with Crippen molar-refractivity contribution in [2.24, 2.45) is 10.4 Å². The fourth-order valence-electron chi connectivity index (χ4n) is 4.22. The summed E-state index contributed by atoms with van der Waals surface area (Å²) in [7, 11) is 1.88. The number of likely N-dealkylation sites (tertiary alicyclic amines) is 1. The van der Waals surface area contributed by atoms with Crippen molar-refractivity contribution in [3.8, 4) is 0 Å². The zero-order valence-corrected chi connectivity index (χ0v) is 17.4. The van der Waals surface area contributed by atoms with E-state index >= 15 is 0 Å². The van der Waals surface area contributed by atoms with Gasteiger partial charge in [0.25, 0.3) is 0 Å². The molecular formula is C18H34IN3O2. The molecule has 1 saturated carbocycles. The van der Waals surface area contributed by atoms with Gasteiger partial charge in [-0.2, -0.15) is 0 Å². The minimum atomic E-state index is 0. The van der Waals surface area contributed by atoms with Gasteiger partial charge in [-0.3, -0.25) is 4.99 Å².